The van der Waals surface area contributed by atoms with Crippen LogP contribution < -0.4 is 16.0 Å². The lowest BCUT2D eigenvalue weighted by molar-refractivity contribution is -0.130. The van der Waals surface area contributed by atoms with E-state index in [0.717, 1.165) is 13.0 Å². The van der Waals surface area contributed by atoms with Crippen molar-refractivity contribution in [1.29, 1.82) is 0 Å². The highest BCUT2D eigenvalue weighted by Crippen LogP contribution is 2.10. The minimum atomic E-state index is -0.549. The van der Waals surface area contributed by atoms with Crippen LogP contribution >= 0.6 is 0 Å². The number of anilines is 1. The highest BCUT2D eigenvalue weighted by Gasteiger charge is 2.14. The van der Waals surface area contributed by atoms with Gasteiger partial charge in [0.2, 0.25) is 5.91 Å². The molecule has 0 saturated heterocycles. The van der Waals surface area contributed by atoms with Gasteiger partial charge in [-0.3, -0.25) is 4.79 Å². The number of nitrogens with zero attached hydrogens (tertiary/aromatic N) is 1. The first-order chi connectivity index (χ1) is 9.19. The van der Waals surface area contributed by atoms with E-state index in [4.69, 9.17) is 10.5 Å². The van der Waals surface area contributed by atoms with Gasteiger partial charge < -0.3 is 20.7 Å². The molecule has 1 aromatic rings. The van der Waals surface area contributed by atoms with Crippen LogP contribution in [0, 0.1) is 0 Å². The standard InChI is InChI=1S/C14H23N3O2/c1-17(12-7-4-3-5-8-12)10-6-9-16-14(18)13(11-15)19-2/h3-5,7-8,13H,6,9-11,15H2,1-2H3,(H,16,18). The van der Waals surface area contributed by atoms with Gasteiger partial charge in [0.05, 0.1) is 0 Å². The van der Waals surface area contributed by atoms with Crippen LogP contribution in [0.3, 0.4) is 0 Å². The first-order valence-corrected chi connectivity index (χ1v) is 6.45. The van der Waals surface area contributed by atoms with Crippen molar-refractivity contribution in [1.82, 2.24) is 5.32 Å². The maximum absolute atomic E-state index is 11.6. The van der Waals surface area contributed by atoms with Crippen LogP contribution in [-0.4, -0.2) is 45.8 Å². The second-order valence-corrected chi connectivity index (χ2v) is 4.36. The number of carbonyl (C=O) groups is 1. The van der Waals surface area contributed by atoms with Gasteiger partial charge in [-0.25, -0.2) is 0 Å². The molecule has 0 heterocycles. The zero-order valence-electron chi connectivity index (χ0n) is 11.6. The largest absolute Gasteiger partial charge is 0.375 e. The summed E-state index contributed by atoms with van der Waals surface area (Å²) in [6.07, 6.45) is 0.324. The van der Waals surface area contributed by atoms with Gasteiger partial charge in [-0.2, -0.15) is 0 Å². The molecule has 1 aromatic carbocycles. The zero-order chi connectivity index (χ0) is 14.1. The number of hydrogen-bond donors (Lipinski definition) is 2. The van der Waals surface area contributed by atoms with Crippen LogP contribution in [0.15, 0.2) is 30.3 Å². The third kappa shape index (κ3) is 5.28. The van der Waals surface area contributed by atoms with Crippen molar-refractivity contribution in [3.05, 3.63) is 30.3 Å². The number of rotatable bonds is 8. The zero-order valence-corrected chi connectivity index (χ0v) is 11.6. The molecule has 0 radical (unpaired) electrons. The first-order valence-electron chi connectivity index (χ1n) is 6.45. The number of amides is 1. The molecule has 0 spiro atoms. The van der Waals surface area contributed by atoms with Crippen molar-refractivity contribution < 1.29 is 9.53 Å². The fourth-order valence-electron chi connectivity index (χ4n) is 1.76. The van der Waals surface area contributed by atoms with E-state index in [2.05, 4.69) is 22.3 Å². The molecule has 0 saturated carbocycles. The highest BCUT2D eigenvalue weighted by atomic mass is 16.5. The lowest BCUT2D eigenvalue weighted by Gasteiger charge is -2.19. The number of carbonyl (C=O) groups excluding carboxylic acids is 1. The molecule has 5 nitrogen and oxygen atoms in total. The van der Waals surface area contributed by atoms with E-state index < -0.39 is 6.10 Å². The molecule has 1 rings (SSSR count). The molecule has 19 heavy (non-hydrogen) atoms. The molecule has 0 aliphatic carbocycles. The van der Waals surface area contributed by atoms with Gasteiger partial charge in [0, 0.05) is 39.5 Å². The second-order valence-electron chi connectivity index (χ2n) is 4.36. The van der Waals surface area contributed by atoms with Crippen molar-refractivity contribution in [3.63, 3.8) is 0 Å². The Morgan fingerprint density at radius 2 is 2.11 bits per heavy atom. The van der Waals surface area contributed by atoms with Crippen molar-refractivity contribution >= 4 is 11.6 Å². The molecule has 1 atom stereocenters. The van der Waals surface area contributed by atoms with Crippen LogP contribution in [0.25, 0.3) is 0 Å². The van der Waals surface area contributed by atoms with Crippen LogP contribution in [-0.2, 0) is 9.53 Å². The summed E-state index contributed by atoms with van der Waals surface area (Å²) in [5.74, 6) is -0.146. The summed E-state index contributed by atoms with van der Waals surface area (Å²) in [5, 5.41) is 2.82. The number of benzene rings is 1. The van der Waals surface area contributed by atoms with Gasteiger partial charge in [-0.05, 0) is 18.6 Å². The Kier molecular flexibility index (Phi) is 6.92. The van der Waals surface area contributed by atoms with Crippen LogP contribution in [0.4, 0.5) is 5.69 Å². The van der Waals surface area contributed by atoms with E-state index in [1.54, 1.807) is 0 Å². The maximum Gasteiger partial charge on any atom is 0.250 e. The maximum atomic E-state index is 11.6. The summed E-state index contributed by atoms with van der Waals surface area (Å²) >= 11 is 0. The Bertz CT molecular complexity index is 366. The molecule has 106 valence electrons. The molecular formula is C14H23N3O2. The van der Waals surface area contributed by atoms with Crippen molar-refractivity contribution in [2.45, 2.75) is 12.5 Å². The first kappa shape index (κ1) is 15.5. The van der Waals surface area contributed by atoms with Gasteiger partial charge in [0.15, 0.2) is 0 Å². The molecule has 0 aromatic heterocycles. The summed E-state index contributed by atoms with van der Waals surface area (Å²) in [5.41, 5.74) is 6.59. The predicted molar refractivity (Wildman–Crippen MR) is 77.2 cm³/mol. The molecular weight excluding hydrogens is 242 g/mol. The van der Waals surface area contributed by atoms with Gasteiger partial charge in [-0.15, -0.1) is 0 Å². The predicted octanol–water partition coefficient (Wildman–Crippen LogP) is 0.603. The summed E-state index contributed by atoms with van der Waals surface area (Å²) in [7, 11) is 3.52. The minimum Gasteiger partial charge on any atom is -0.375 e. The summed E-state index contributed by atoms with van der Waals surface area (Å²) in [4.78, 5) is 13.7. The average Bonchev–Trinajstić information content (AvgIpc) is 2.45. The Morgan fingerprint density at radius 1 is 1.42 bits per heavy atom. The van der Waals surface area contributed by atoms with Crippen LogP contribution in [0.1, 0.15) is 6.42 Å². The number of ether oxygens (including phenoxy) is 1. The Hall–Kier alpha value is -1.59. The van der Waals surface area contributed by atoms with E-state index in [1.165, 1.54) is 12.8 Å². The monoisotopic (exact) mass is 265 g/mol. The number of nitrogens with one attached hydrogen (secondary N) is 1. The topological polar surface area (TPSA) is 67.6 Å². The molecule has 0 aliphatic rings. The number of nitrogens with two attached hydrogens (primary N) is 1. The number of para-hydroxylation sites is 1. The third-order valence-corrected chi connectivity index (χ3v) is 2.96. The van der Waals surface area contributed by atoms with Crippen molar-refractivity contribution in [2.24, 2.45) is 5.73 Å². The van der Waals surface area contributed by atoms with Gasteiger partial charge >= 0.3 is 0 Å². The smallest absolute Gasteiger partial charge is 0.250 e. The quantitative estimate of drug-likeness (QED) is 0.676. The average molecular weight is 265 g/mol. The van der Waals surface area contributed by atoms with Crippen molar-refractivity contribution in [3.8, 4) is 0 Å². The fraction of sp³-hybridized carbons (Fsp3) is 0.500. The molecule has 5 heteroatoms. The van der Waals surface area contributed by atoms with E-state index in [1.807, 2.05) is 25.2 Å². The van der Waals surface area contributed by atoms with E-state index in [0.29, 0.717) is 6.54 Å². The molecule has 0 aliphatic heterocycles. The molecule has 1 unspecified atom stereocenters. The van der Waals surface area contributed by atoms with Crippen molar-refractivity contribution in [2.75, 3.05) is 38.7 Å². The molecule has 0 bridgehead atoms. The summed E-state index contributed by atoms with van der Waals surface area (Å²) < 4.78 is 4.96. The summed E-state index contributed by atoms with van der Waals surface area (Å²) in [6.45, 7) is 1.70. The van der Waals surface area contributed by atoms with Gasteiger partial charge in [-0.1, -0.05) is 18.2 Å². The van der Waals surface area contributed by atoms with E-state index in [-0.39, 0.29) is 12.5 Å². The minimum absolute atomic E-state index is 0.146. The third-order valence-electron chi connectivity index (χ3n) is 2.96. The Morgan fingerprint density at radius 3 is 2.68 bits per heavy atom. The molecule has 1 amide bonds. The highest BCUT2D eigenvalue weighted by molar-refractivity contribution is 5.80. The van der Waals surface area contributed by atoms with E-state index >= 15 is 0 Å². The SMILES string of the molecule is COC(CN)C(=O)NCCCN(C)c1ccccc1. The van der Waals surface area contributed by atoms with Gasteiger partial charge in [0.25, 0.3) is 0 Å². The Balaban J connectivity index is 2.22. The number of methoxy groups -OCH3 is 1. The lowest BCUT2D eigenvalue weighted by atomic mass is 10.2. The van der Waals surface area contributed by atoms with Gasteiger partial charge in [0.1, 0.15) is 6.10 Å². The normalized spacial score (nSPS) is 11.9. The lowest BCUT2D eigenvalue weighted by Crippen LogP contribution is -2.41. The summed E-state index contributed by atoms with van der Waals surface area (Å²) in [6, 6.07) is 10.1. The second kappa shape index (κ2) is 8.50. The Labute approximate surface area is 114 Å². The number of hydrogen-bond acceptors (Lipinski definition) is 4. The molecule has 3 N–H and O–H groups in total. The van der Waals surface area contributed by atoms with E-state index in [9.17, 15) is 4.79 Å². The fourth-order valence-corrected chi connectivity index (χ4v) is 1.76. The van der Waals surface area contributed by atoms with Crippen LogP contribution in [0.5, 0.6) is 0 Å². The van der Waals surface area contributed by atoms with Crippen LogP contribution in [0.2, 0.25) is 0 Å². The molecule has 0 fully saturated rings.